The number of hydrogen-bond acceptors (Lipinski definition) is 4. The minimum absolute atomic E-state index is 0.0461. The van der Waals surface area contributed by atoms with Gasteiger partial charge in [0.15, 0.2) is 0 Å². The molecule has 5 heteroatoms. The standard InChI is InChI=1S/C86H79BN2O2/c1-52-43-60(84(6,7)8)44-53(2)79(52)89-73-49-71-70-36-24-21-33-67(70)64-30-18-15-27-56(64)51-90-76(71)50-72(73)87-78-74(88(61-39-37-59(38-40-61)83(3,4)5)80-77-81(91-82(80)87)86(11,12)42-41-85(77,9)10)47-58(48-75(78)89)57-45-54-25-13-16-28-62(54)65-31-19-22-34-68(65)69-35-23-20-32-66(69)63-29-17-14-26-55(63)46-57/h13-40,43-45,47-50H,41-42,46,51H2,1-12H3/b57-45-. The summed E-state index contributed by atoms with van der Waals surface area (Å²) in [5.74, 6) is 1.97. The zero-order chi connectivity index (χ0) is 62.6. The molecule has 0 bridgehead atoms. The molecule has 16 rings (SSSR count). The Morgan fingerprint density at radius 1 is 0.451 bits per heavy atom. The van der Waals surface area contributed by atoms with Crippen LogP contribution in [-0.4, -0.2) is 6.71 Å². The van der Waals surface area contributed by atoms with Crippen molar-refractivity contribution in [2.24, 2.45) is 0 Å². The molecule has 0 amide bonds. The van der Waals surface area contributed by atoms with Crippen LogP contribution in [0.4, 0.5) is 34.1 Å². The Bertz CT molecular complexity index is 4840. The lowest BCUT2D eigenvalue weighted by molar-refractivity contribution is 0.282. The maximum absolute atomic E-state index is 7.99. The number of rotatable bonds is 3. The summed E-state index contributed by atoms with van der Waals surface area (Å²) in [6, 6.07) is 78.5. The Balaban J connectivity index is 1.07. The first-order chi connectivity index (χ1) is 43.7. The molecule has 3 aliphatic heterocycles. The van der Waals surface area contributed by atoms with Gasteiger partial charge >= 0.3 is 0 Å². The molecular weight excluding hydrogens is 1100 g/mol. The van der Waals surface area contributed by atoms with Gasteiger partial charge in [-0.15, -0.1) is 0 Å². The minimum atomic E-state index is -0.310. The number of anilines is 6. The van der Waals surface area contributed by atoms with E-state index in [1.165, 1.54) is 122 Å². The van der Waals surface area contributed by atoms with Gasteiger partial charge in [0.1, 0.15) is 18.1 Å². The third kappa shape index (κ3) is 9.07. The Labute approximate surface area is 539 Å². The third-order valence-electron chi connectivity index (χ3n) is 20.9. The molecule has 11 aromatic rings. The van der Waals surface area contributed by atoms with Crippen molar-refractivity contribution < 1.29 is 9.15 Å². The van der Waals surface area contributed by atoms with Gasteiger partial charge in [0.05, 0.1) is 17.0 Å². The zero-order valence-electron chi connectivity index (χ0n) is 54.8. The zero-order valence-corrected chi connectivity index (χ0v) is 54.8. The van der Waals surface area contributed by atoms with E-state index in [0.717, 1.165) is 63.9 Å². The van der Waals surface area contributed by atoms with Crippen LogP contribution in [0, 0.1) is 13.8 Å². The summed E-state index contributed by atoms with van der Waals surface area (Å²) in [4.78, 5) is 5.32. The van der Waals surface area contributed by atoms with Crippen molar-refractivity contribution in [3.05, 3.63) is 262 Å². The Morgan fingerprint density at radius 2 is 0.945 bits per heavy atom. The van der Waals surface area contributed by atoms with Crippen molar-refractivity contribution in [1.29, 1.82) is 0 Å². The van der Waals surface area contributed by atoms with E-state index in [2.05, 4.69) is 305 Å². The number of furan rings is 1. The number of aryl methyl sites for hydroxylation is 2. The molecule has 448 valence electrons. The molecule has 4 nitrogen and oxygen atoms in total. The lowest BCUT2D eigenvalue weighted by Crippen LogP contribution is -2.61. The molecule has 91 heavy (non-hydrogen) atoms. The lowest BCUT2D eigenvalue weighted by atomic mass is 9.35. The Morgan fingerprint density at radius 3 is 1.55 bits per heavy atom. The molecule has 0 saturated heterocycles. The molecule has 0 radical (unpaired) electrons. The molecule has 0 atom stereocenters. The summed E-state index contributed by atoms with van der Waals surface area (Å²) < 4.78 is 15.3. The monoisotopic (exact) mass is 1180 g/mol. The molecule has 2 aliphatic carbocycles. The van der Waals surface area contributed by atoms with Crippen LogP contribution < -0.4 is 31.1 Å². The highest BCUT2D eigenvalue weighted by Crippen LogP contribution is 2.57. The highest BCUT2D eigenvalue weighted by atomic mass is 16.5. The smallest absolute Gasteiger partial charge is 0.297 e. The van der Waals surface area contributed by atoms with Crippen molar-refractivity contribution in [1.82, 2.24) is 0 Å². The van der Waals surface area contributed by atoms with Gasteiger partial charge in [-0.3, -0.25) is 0 Å². The van der Waals surface area contributed by atoms with Crippen molar-refractivity contribution in [3.8, 4) is 61.4 Å². The summed E-state index contributed by atoms with van der Waals surface area (Å²) in [7, 11) is 0. The number of ether oxygens (including phenoxy) is 1. The second kappa shape index (κ2) is 20.6. The first kappa shape index (κ1) is 56.9. The topological polar surface area (TPSA) is 28.9 Å². The molecular formula is C86H79BN2O2. The Kier molecular flexibility index (Phi) is 12.9. The molecule has 0 fully saturated rings. The van der Waals surface area contributed by atoms with E-state index in [1.54, 1.807) is 0 Å². The maximum Gasteiger partial charge on any atom is 0.297 e. The van der Waals surface area contributed by atoms with Gasteiger partial charge < -0.3 is 19.0 Å². The van der Waals surface area contributed by atoms with Gasteiger partial charge in [-0.05, 0) is 197 Å². The van der Waals surface area contributed by atoms with Gasteiger partial charge in [0, 0.05) is 39.3 Å². The molecule has 5 aliphatic rings. The van der Waals surface area contributed by atoms with E-state index in [4.69, 9.17) is 9.15 Å². The SMILES string of the molecule is Cc1cc(C(C)(C)C)cc(C)c1N1c2cc3c(cc2B2c4oc5c(c4N(c4ccc(C(C)(C)C)cc4)c4cc(/C6=C\c7ccccc7-c7ccccc7-c7ccccc7-c7ccccc7C6)cc1c42)C(C)(C)CCC5(C)C)OCc1ccccc1-c1ccccc1-3. The molecule has 0 saturated carbocycles. The molecule has 10 aromatic carbocycles. The average Bonchev–Trinajstić information content (AvgIpc) is 1.65. The number of hydrogen-bond donors (Lipinski definition) is 0. The fraction of sp³-hybridized carbons (Fsp3) is 0.233. The molecule has 0 unspecified atom stereocenters. The second-order valence-electron chi connectivity index (χ2n) is 29.9. The molecule has 4 heterocycles. The predicted octanol–water partition coefficient (Wildman–Crippen LogP) is 21.2. The van der Waals surface area contributed by atoms with E-state index in [1.807, 2.05) is 0 Å². The van der Waals surface area contributed by atoms with E-state index < -0.39 is 0 Å². The quantitative estimate of drug-likeness (QED) is 0.165. The fourth-order valence-corrected chi connectivity index (χ4v) is 16.0. The van der Waals surface area contributed by atoms with E-state index in [-0.39, 0.29) is 28.4 Å². The van der Waals surface area contributed by atoms with Crippen molar-refractivity contribution in [2.45, 2.75) is 131 Å². The van der Waals surface area contributed by atoms with Gasteiger partial charge in [-0.2, -0.15) is 0 Å². The molecule has 1 aromatic heterocycles. The van der Waals surface area contributed by atoms with Crippen molar-refractivity contribution in [3.63, 3.8) is 0 Å². The summed E-state index contributed by atoms with van der Waals surface area (Å²) >= 11 is 0. The van der Waals surface area contributed by atoms with Gasteiger partial charge in [0.25, 0.3) is 6.71 Å². The number of nitrogens with zero attached hydrogens (tertiary/aromatic N) is 2. The van der Waals surface area contributed by atoms with Crippen LogP contribution in [-0.2, 0) is 34.7 Å². The van der Waals surface area contributed by atoms with E-state index in [9.17, 15) is 0 Å². The first-order valence-electron chi connectivity index (χ1n) is 33.0. The Hall–Kier alpha value is -9.32. The van der Waals surface area contributed by atoms with Gasteiger partial charge in [0.2, 0.25) is 0 Å². The van der Waals surface area contributed by atoms with Crippen LogP contribution in [0.1, 0.15) is 138 Å². The highest BCUT2D eigenvalue weighted by molar-refractivity contribution is 6.99. The predicted molar refractivity (Wildman–Crippen MR) is 384 cm³/mol. The van der Waals surface area contributed by atoms with Crippen LogP contribution >= 0.6 is 0 Å². The van der Waals surface area contributed by atoms with E-state index in [0.29, 0.717) is 13.0 Å². The second-order valence-corrected chi connectivity index (χ2v) is 29.9. The van der Waals surface area contributed by atoms with Gasteiger partial charge in [-0.25, -0.2) is 0 Å². The highest BCUT2D eigenvalue weighted by Gasteiger charge is 2.53. The van der Waals surface area contributed by atoms with Crippen LogP contribution in [0.2, 0.25) is 0 Å². The summed E-state index contributed by atoms with van der Waals surface area (Å²) in [6.45, 7) is 28.5. The fourth-order valence-electron chi connectivity index (χ4n) is 16.0. The normalized spacial score (nSPS) is 16.1. The number of fused-ring (bicyclic) bond motifs is 18. The van der Waals surface area contributed by atoms with Crippen molar-refractivity contribution >= 4 is 69.1 Å². The summed E-state index contributed by atoms with van der Waals surface area (Å²) in [5.41, 5.74) is 34.2. The number of allylic oxidation sites excluding steroid dienone is 1. The van der Waals surface area contributed by atoms with Crippen LogP contribution in [0.15, 0.2) is 211 Å². The third-order valence-corrected chi connectivity index (χ3v) is 20.9. The molecule has 0 N–H and O–H groups in total. The van der Waals surface area contributed by atoms with E-state index >= 15 is 0 Å². The maximum atomic E-state index is 7.99. The van der Waals surface area contributed by atoms with Gasteiger partial charge in [-0.1, -0.05) is 245 Å². The molecule has 0 spiro atoms. The first-order valence-corrected chi connectivity index (χ1v) is 33.0. The summed E-state index contributed by atoms with van der Waals surface area (Å²) in [6.07, 6.45) is 5.26. The van der Waals surface area contributed by atoms with Crippen LogP contribution in [0.5, 0.6) is 5.75 Å². The largest absolute Gasteiger partial charge is 0.488 e. The number of benzene rings is 10. The van der Waals surface area contributed by atoms with Crippen LogP contribution in [0.3, 0.4) is 0 Å². The summed E-state index contributed by atoms with van der Waals surface area (Å²) in [5, 5.41) is 0. The van der Waals surface area contributed by atoms with Crippen molar-refractivity contribution in [2.75, 3.05) is 9.80 Å². The minimum Gasteiger partial charge on any atom is -0.488 e. The lowest BCUT2D eigenvalue weighted by Gasteiger charge is -2.45. The van der Waals surface area contributed by atoms with Crippen LogP contribution in [0.25, 0.3) is 67.3 Å². The average molecular weight is 1180 g/mol.